The minimum atomic E-state index is -0.241. The van der Waals surface area contributed by atoms with Gasteiger partial charge in [-0.3, -0.25) is 9.52 Å². The van der Waals surface area contributed by atoms with Crippen LogP contribution in [0.3, 0.4) is 0 Å². The lowest BCUT2D eigenvalue weighted by atomic mass is 10.2. The monoisotopic (exact) mass is 132 g/mol. The Morgan fingerprint density at radius 3 is 2.88 bits per heavy atom. The van der Waals surface area contributed by atoms with Gasteiger partial charge in [0, 0.05) is 5.75 Å². The zero-order valence-corrected chi connectivity index (χ0v) is 5.20. The summed E-state index contributed by atoms with van der Waals surface area (Å²) in [7, 11) is 0. The molecule has 1 atom stereocenters. The maximum Gasteiger partial charge on any atom is 0.235 e. The van der Waals surface area contributed by atoms with Crippen LogP contribution in [0.4, 0.5) is 0 Å². The fourth-order valence-electron chi connectivity index (χ4n) is 0.596. The summed E-state index contributed by atoms with van der Waals surface area (Å²) < 4.78 is 2.90. The zero-order chi connectivity index (χ0) is 5.98. The van der Waals surface area contributed by atoms with Gasteiger partial charge in [-0.25, -0.2) is 0 Å². The highest BCUT2D eigenvalue weighted by Gasteiger charge is 2.19. The number of hydrogen-bond acceptors (Lipinski definition) is 3. The van der Waals surface area contributed by atoms with Gasteiger partial charge in [-0.2, -0.15) is 0 Å². The molecule has 46 valence electrons. The van der Waals surface area contributed by atoms with Crippen molar-refractivity contribution in [3.8, 4) is 0 Å². The van der Waals surface area contributed by atoms with Gasteiger partial charge in [-0.05, 0) is 6.42 Å². The van der Waals surface area contributed by atoms with Gasteiger partial charge in [0.25, 0.3) is 0 Å². The third-order valence-corrected chi connectivity index (χ3v) is 1.97. The second-order valence-corrected chi connectivity index (χ2v) is 2.64. The van der Waals surface area contributed by atoms with E-state index in [0.29, 0.717) is 0 Å². The van der Waals surface area contributed by atoms with E-state index >= 15 is 0 Å². The Hall–Kier alpha value is -0.220. The van der Waals surface area contributed by atoms with Gasteiger partial charge in [0.1, 0.15) is 0 Å². The van der Waals surface area contributed by atoms with Gasteiger partial charge in [-0.1, -0.05) is 11.9 Å². The number of hydrogen-bond donors (Lipinski definition) is 2. The highest BCUT2D eigenvalue weighted by molar-refractivity contribution is 7.97. The maximum atomic E-state index is 10.3. The molecule has 0 radical (unpaired) electrons. The first-order valence-corrected chi connectivity index (χ1v) is 3.46. The third-order valence-electron chi connectivity index (χ3n) is 1.08. The van der Waals surface area contributed by atoms with Gasteiger partial charge in [0.2, 0.25) is 5.91 Å². The number of primary amides is 1. The Bertz CT molecular complexity index is 100. The second-order valence-electron chi connectivity index (χ2n) is 1.71. The molecule has 1 aliphatic rings. The van der Waals surface area contributed by atoms with Crippen LogP contribution < -0.4 is 10.5 Å². The first kappa shape index (κ1) is 5.91. The zero-order valence-electron chi connectivity index (χ0n) is 4.39. The molecule has 8 heavy (non-hydrogen) atoms. The van der Waals surface area contributed by atoms with Crippen LogP contribution in [0.25, 0.3) is 0 Å². The van der Waals surface area contributed by atoms with Crippen molar-refractivity contribution in [2.24, 2.45) is 5.73 Å². The lowest BCUT2D eigenvalue weighted by Crippen LogP contribution is -2.33. The van der Waals surface area contributed by atoms with Crippen molar-refractivity contribution in [2.45, 2.75) is 12.5 Å². The van der Waals surface area contributed by atoms with Gasteiger partial charge < -0.3 is 5.73 Å². The Labute approximate surface area is 52.1 Å². The van der Waals surface area contributed by atoms with Crippen molar-refractivity contribution >= 4 is 17.9 Å². The van der Waals surface area contributed by atoms with E-state index < -0.39 is 0 Å². The van der Waals surface area contributed by atoms with Gasteiger partial charge in [-0.15, -0.1) is 0 Å². The van der Waals surface area contributed by atoms with Crippen LogP contribution in [0.15, 0.2) is 0 Å². The molecule has 1 fully saturated rings. The number of carbonyl (C=O) groups excluding carboxylic acids is 1. The standard InChI is InChI=1S/C4H8N2OS/c5-4(7)3-1-2-8-6-3/h3,6H,1-2H2,(H2,5,7). The second kappa shape index (κ2) is 2.37. The normalized spacial score (nSPS) is 28.2. The van der Waals surface area contributed by atoms with E-state index in [1.165, 1.54) is 0 Å². The Balaban J connectivity index is 2.35. The molecule has 0 aromatic carbocycles. The van der Waals surface area contributed by atoms with E-state index in [4.69, 9.17) is 5.73 Å². The number of nitrogens with two attached hydrogens (primary N) is 1. The smallest absolute Gasteiger partial charge is 0.235 e. The van der Waals surface area contributed by atoms with Crippen LogP contribution in [-0.2, 0) is 4.79 Å². The molecule has 1 unspecified atom stereocenters. The fourth-order valence-corrected chi connectivity index (χ4v) is 1.50. The summed E-state index contributed by atoms with van der Waals surface area (Å²) in [5, 5.41) is 0. The molecule has 1 amide bonds. The average molecular weight is 132 g/mol. The van der Waals surface area contributed by atoms with Crippen LogP contribution in [0.2, 0.25) is 0 Å². The van der Waals surface area contributed by atoms with Gasteiger partial charge in [0.05, 0.1) is 6.04 Å². The van der Waals surface area contributed by atoms with Crippen molar-refractivity contribution < 1.29 is 4.79 Å². The Morgan fingerprint density at radius 2 is 2.62 bits per heavy atom. The lowest BCUT2D eigenvalue weighted by molar-refractivity contribution is -0.119. The minimum absolute atomic E-state index is 0.0833. The fraction of sp³-hybridized carbons (Fsp3) is 0.750. The summed E-state index contributed by atoms with van der Waals surface area (Å²) in [6.45, 7) is 0. The molecule has 4 heteroatoms. The largest absolute Gasteiger partial charge is 0.368 e. The molecule has 3 N–H and O–H groups in total. The molecule has 1 heterocycles. The molecule has 0 aromatic rings. The van der Waals surface area contributed by atoms with Crippen molar-refractivity contribution in [2.75, 3.05) is 5.75 Å². The van der Waals surface area contributed by atoms with Crippen molar-refractivity contribution in [3.05, 3.63) is 0 Å². The van der Waals surface area contributed by atoms with E-state index in [1.807, 2.05) is 0 Å². The quantitative estimate of drug-likeness (QED) is 0.472. The molecule has 0 bridgehead atoms. The van der Waals surface area contributed by atoms with E-state index in [1.54, 1.807) is 11.9 Å². The Kier molecular flexibility index (Phi) is 1.75. The van der Waals surface area contributed by atoms with Crippen molar-refractivity contribution in [1.29, 1.82) is 0 Å². The number of amides is 1. The number of rotatable bonds is 1. The average Bonchev–Trinajstić information content (AvgIpc) is 2.12. The Morgan fingerprint density at radius 1 is 1.88 bits per heavy atom. The molecule has 1 aliphatic heterocycles. The van der Waals surface area contributed by atoms with Gasteiger partial charge in [0.15, 0.2) is 0 Å². The molecular formula is C4H8N2OS. The van der Waals surface area contributed by atoms with Crippen LogP contribution in [0, 0.1) is 0 Å². The summed E-state index contributed by atoms with van der Waals surface area (Å²) in [6.07, 6.45) is 0.875. The maximum absolute atomic E-state index is 10.3. The van der Waals surface area contributed by atoms with E-state index in [-0.39, 0.29) is 11.9 Å². The van der Waals surface area contributed by atoms with Crippen LogP contribution >= 0.6 is 11.9 Å². The van der Waals surface area contributed by atoms with E-state index in [0.717, 1.165) is 12.2 Å². The summed E-state index contributed by atoms with van der Waals surface area (Å²) in [5.41, 5.74) is 4.98. The van der Waals surface area contributed by atoms with Crippen molar-refractivity contribution in [1.82, 2.24) is 4.72 Å². The predicted octanol–water partition coefficient (Wildman–Crippen LogP) is -0.518. The number of carbonyl (C=O) groups is 1. The topological polar surface area (TPSA) is 55.1 Å². The summed E-state index contributed by atoms with van der Waals surface area (Å²) >= 11 is 1.56. The first-order valence-electron chi connectivity index (χ1n) is 2.47. The summed E-state index contributed by atoms with van der Waals surface area (Å²) in [5.74, 6) is 0.753. The number of nitrogens with one attached hydrogen (secondary N) is 1. The molecule has 0 saturated carbocycles. The van der Waals surface area contributed by atoms with E-state index in [9.17, 15) is 4.79 Å². The molecule has 0 aromatic heterocycles. The highest BCUT2D eigenvalue weighted by atomic mass is 32.2. The SMILES string of the molecule is NC(=O)C1CCSN1. The first-order chi connectivity index (χ1) is 3.80. The lowest BCUT2D eigenvalue weighted by Gasteiger charge is -1.99. The van der Waals surface area contributed by atoms with Gasteiger partial charge >= 0.3 is 0 Å². The predicted molar refractivity (Wildman–Crippen MR) is 33.2 cm³/mol. The van der Waals surface area contributed by atoms with Crippen LogP contribution in [-0.4, -0.2) is 17.7 Å². The van der Waals surface area contributed by atoms with Crippen LogP contribution in [0.1, 0.15) is 6.42 Å². The molecule has 0 spiro atoms. The third kappa shape index (κ3) is 1.14. The molecule has 1 saturated heterocycles. The molecule has 1 rings (SSSR count). The van der Waals surface area contributed by atoms with Crippen LogP contribution in [0.5, 0.6) is 0 Å². The molecular weight excluding hydrogens is 124 g/mol. The molecule has 0 aliphatic carbocycles. The highest BCUT2D eigenvalue weighted by Crippen LogP contribution is 2.11. The molecule has 3 nitrogen and oxygen atoms in total. The minimum Gasteiger partial charge on any atom is -0.368 e. The summed E-state index contributed by atoms with van der Waals surface area (Å²) in [4.78, 5) is 10.3. The van der Waals surface area contributed by atoms with Crippen molar-refractivity contribution in [3.63, 3.8) is 0 Å². The summed E-state index contributed by atoms with van der Waals surface area (Å²) in [6, 6.07) is -0.0833. The van der Waals surface area contributed by atoms with E-state index in [2.05, 4.69) is 4.72 Å².